The van der Waals surface area contributed by atoms with Crippen molar-refractivity contribution in [2.75, 3.05) is 31.2 Å². The van der Waals surface area contributed by atoms with Gasteiger partial charge in [0.1, 0.15) is 0 Å². The minimum Gasteiger partial charge on any atom is -0.455 e. The van der Waals surface area contributed by atoms with E-state index in [0.717, 1.165) is 17.7 Å². The molecule has 3 aromatic carbocycles. The third-order valence-electron chi connectivity index (χ3n) is 6.68. The number of nitrogens with two attached hydrogens (primary N) is 1. The molecule has 0 saturated heterocycles. The van der Waals surface area contributed by atoms with E-state index >= 15 is 0 Å². The van der Waals surface area contributed by atoms with Gasteiger partial charge >= 0.3 is 6.18 Å². The number of rotatable bonds is 14. The Hall–Kier alpha value is -4.14. The molecular weight excluding hydrogens is 649 g/mol. The van der Waals surface area contributed by atoms with Gasteiger partial charge in [0.25, 0.3) is 12.4 Å². The van der Waals surface area contributed by atoms with Crippen molar-refractivity contribution in [2.45, 2.75) is 70.4 Å². The third-order valence-corrected chi connectivity index (χ3v) is 8.52. The number of hydrogen-bond acceptors (Lipinski definition) is 8. The molecule has 3 atom stereocenters. The van der Waals surface area contributed by atoms with E-state index in [-0.39, 0.29) is 36.8 Å². The van der Waals surface area contributed by atoms with E-state index in [2.05, 4.69) is 10.6 Å². The summed E-state index contributed by atoms with van der Waals surface area (Å²) in [5, 5.41) is 16.5. The van der Waals surface area contributed by atoms with Crippen LogP contribution in [0.2, 0.25) is 0 Å². The standard InChI is InChI=1S/C24H33N3O6S.C8H8F3N.C2H6/c1-17(2)14-27(34(31,32)21-11-9-20(25)10-12-21)15-23(29)22(13-19-7-5-4-6-8-19)26-24(30)18(3)33-16-28;1-12-7-4-2-3-6(5-7)8(9,10)11;1-2/h4-12,16-18,22-23,29H,13-15,25H2,1-3H3,(H,26,30);2-5,12H,1H3;1-2H3. The van der Waals surface area contributed by atoms with Crippen molar-refractivity contribution in [3.8, 4) is 0 Å². The number of aliphatic hydroxyl groups is 1. The van der Waals surface area contributed by atoms with Crippen LogP contribution in [0.4, 0.5) is 24.5 Å². The summed E-state index contributed by atoms with van der Waals surface area (Å²) in [6.45, 7) is 9.26. The van der Waals surface area contributed by atoms with Crippen LogP contribution in [0.15, 0.2) is 83.8 Å². The van der Waals surface area contributed by atoms with Gasteiger partial charge in [0, 0.05) is 31.5 Å². The lowest BCUT2D eigenvalue weighted by Gasteiger charge is -2.31. The molecular formula is C34H47F3N4O6S. The van der Waals surface area contributed by atoms with Crippen LogP contribution in [0, 0.1) is 5.92 Å². The molecule has 0 fully saturated rings. The second-order valence-corrected chi connectivity index (χ2v) is 12.8. The maximum absolute atomic E-state index is 13.3. The largest absolute Gasteiger partial charge is 0.455 e. The number of hydrogen-bond donors (Lipinski definition) is 4. The molecule has 1 amide bonds. The molecule has 0 bridgehead atoms. The topological polar surface area (TPSA) is 151 Å². The van der Waals surface area contributed by atoms with Gasteiger partial charge in [0.05, 0.1) is 22.6 Å². The molecule has 48 heavy (non-hydrogen) atoms. The highest BCUT2D eigenvalue weighted by molar-refractivity contribution is 7.89. The third kappa shape index (κ3) is 13.9. The van der Waals surface area contributed by atoms with E-state index in [1.165, 1.54) is 41.6 Å². The van der Waals surface area contributed by atoms with E-state index in [4.69, 9.17) is 10.5 Å². The first-order valence-electron chi connectivity index (χ1n) is 15.4. The molecule has 0 radical (unpaired) electrons. The highest BCUT2D eigenvalue weighted by Crippen LogP contribution is 2.30. The number of aliphatic hydroxyl groups excluding tert-OH is 1. The molecule has 266 valence electrons. The van der Waals surface area contributed by atoms with Crippen molar-refractivity contribution in [2.24, 2.45) is 5.92 Å². The summed E-state index contributed by atoms with van der Waals surface area (Å²) in [5.41, 5.74) is 6.80. The summed E-state index contributed by atoms with van der Waals surface area (Å²) in [6.07, 6.45) is -6.31. The summed E-state index contributed by atoms with van der Waals surface area (Å²) >= 11 is 0. The maximum Gasteiger partial charge on any atom is 0.416 e. The van der Waals surface area contributed by atoms with Gasteiger partial charge in [-0.3, -0.25) is 9.59 Å². The van der Waals surface area contributed by atoms with Crippen LogP contribution < -0.4 is 16.4 Å². The molecule has 0 aliphatic rings. The predicted molar refractivity (Wildman–Crippen MR) is 181 cm³/mol. The smallest absolute Gasteiger partial charge is 0.416 e. The Kier molecular flexibility index (Phi) is 17.7. The lowest BCUT2D eigenvalue weighted by Crippen LogP contribution is -2.52. The van der Waals surface area contributed by atoms with E-state index in [1.807, 2.05) is 58.0 Å². The van der Waals surface area contributed by atoms with Crippen molar-refractivity contribution < 1.29 is 41.0 Å². The average molecular weight is 697 g/mol. The first-order chi connectivity index (χ1) is 22.6. The summed E-state index contributed by atoms with van der Waals surface area (Å²) in [7, 11) is -2.35. The molecule has 0 spiro atoms. The Labute approximate surface area is 281 Å². The van der Waals surface area contributed by atoms with Crippen LogP contribution in [0.5, 0.6) is 0 Å². The molecule has 0 aliphatic carbocycles. The fourth-order valence-corrected chi connectivity index (χ4v) is 5.87. The number of nitrogen functional groups attached to an aromatic ring is 1. The van der Waals surface area contributed by atoms with E-state index < -0.39 is 45.9 Å². The number of amides is 1. The maximum atomic E-state index is 13.3. The van der Waals surface area contributed by atoms with Gasteiger partial charge < -0.3 is 26.2 Å². The molecule has 0 heterocycles. The number of sulfonamides is 1. The predicted octanol–water partition coefficient (Wildman–Crippen LogP) is 5.34. The Balaban J connectivity index is 0.000000685. The van der Waals surface area contributed by atoms with Crippen LogP contribution in [-0.2, 0) is 36.9 Å². The summed E-state index contributed by atoms with van der Waals surface area (Å²) in [6, 6.07) is 19.3. The van der Waals surface area contributed by atoms with Gasteiger partial charge in [0.15, 0.2) is 6.10 Å². The number of carbonyl (C=O) groups is 2. The summed E-state index contributed by atoms with van der Waals surface area (Å²) in [4.78, 5) is 23.2. The van der Waals surface area contributed by atoms with Crippen molar-refractivity contribution >= 4 is 33.8 Å². The van der Waals surface area contributed by atoms with Gasteiger partial charge in [-0.25, -0.2) is 8.42 Å². The highest BCUT2D eigenvalue weighted by Gasteiger charge is 2.32. The Morgan fingerprint density at radius 1 is 0.979 bits per heavy atom. The van der Waals surface area contributed by atoms with Crippen molar-refractivity contribution in [3.63, 3.8) is 0 Å². The molecule has 3 aromatic rings. The lowest BCUT2D eigenvalue weighted by molar-refractivity contribution is -0.144. The first-order valence-corrected chi connectivity index (χ1v) is 16.8. The SMILES string of the molecule is CC.CC(C)CN(CC(O)C(Cc1ccccc1)NC(=O)C(C)OC=O)S(=O)(=O)c1ccc(N)cc1.CNc1cccc(C(F)(F)F)c1. The number of ether oxygens (including phenoxy) is 1. The highest BCUT2D eigenvalue weighted by atomic mass is 32.2. The molecule has 3 rings (SSSR count). The quantitative estimate of drug-likeness (QED) is 0.130. The summed E-state index contributed by atoms with van der Waals surface area (Å²) < 4.78 is 68.8. The Morgan fingerprint density at radius 3 is 2.10 bits per heavy atom. The van der Waals surface area contributed by atoms with E-state index in [1.54, 1.807) is 13.1 Å². The lowest BCUT2D eigenvalue weighted by atomic mass is 10.0. The second kappa shape index (κ2) is 20.3. The number of nitrogens with one attached hydrogen (secondary N) is 2. The molecule has 0 aromatic heterocycles. The van der Waals surface area contributed by atoms with Gasteiger partial charge in [-0.05, 0) is 67.3 Å². The zero-order chi connectivity index (χ0) is 36.5. The number of alkyl halides is 3. The fourth-order valence-electron chi connectivity index (χ4n) is 4.25. The Bertz CT molecular complexity index is 1490. The van der Waals surface area contributed by atoms with Crippen molar-refractivity contribution in [1.82, 2.24) is 9.62 Å². The molecule has 5 N–H and O–H groups in total. The van der Waals surface area contributed by atoms with Crippen molar-refractivity contribution in [1.29, 1.82) is 0 Å². The second-order valence-electron chi connectivity index (χ2n) is 10.9. The molecule has 10 nitrogen and oxygen atoms in total. The van der Waals surface area contributed by atoms with Crippen LogP contribution in [0.3, 0.4) is 0 Å². The first kappa shape index (κ1) is 41.9. The number of nitrogens with zero attached hydrogens (tertiary/aromatic N) is 1. The van der Waals surface area contributed by atoms with Gasteiger partial charge in [0.2, 0.25) is 10.0 Å². The minimum atomic E-state index is -4.26. The van der Waals surface area contributed by atoms with Gasteiger partial charge in [-0.15, -0.1) is 0 Å². The molecule has 14 heteroatoms. The van der Waals surface area contributed by atoms with Crippen LogP contribution in [-0.4, -0.2) is 68.6 Å². The zero-order valence-electron chi connectivity index (χ0n) is 28.1. The number of carbonyl (C=O) groups excluding carboxylic acids is 2. The van der Waals surface area contributed by atoms with Crippen LogP contribution >= 0.6 is 0 Å². The minimum absolute atomic E-state index is 0.0149. The molecule has 0 saturated carbocycles. The monoisotopic (exact) mass is 696 g/mol. The average Bonchev–Trinajstić information content (AvgIpc) is 3.05. The van der Waals surface area contributed by atoms with E-state index in [9.17, 15) is 36.3 Å². The van der Waals surface area contributed by atoms with E-state index in [0.29, 0.717) is 11.4 Å². The van der Waals surface area contributed by atoms with Gasteiger partial charge in [-0.1, -0.05) is 64.1 Å². The Morgan fingerprint density at radius 2 is 1.58 bits per heavy atom. The number of anilines is 2. The fraction of sp³-hybridized carbons (Fsp3) is 0.412. The summed E-state index contributed by atoms with van der Waals surface area (Å²) in [5.74, 6) is -0.609. The molecule has 3 unspecified atom stereocenters. The number of halogens is 3. The van der Waals surface area contributed by atoms with Crippen LogP contribution in [0.1, 0.15) is 45.7 Å². The number of benzene rings is 3. The van der Waals surface area contributed by atoms with Gasteiger partial charge in [-0.2, -0.15) is 17.5 Å². The van der Waals surface area contributed by atoms with Crippen molar-refractivity contribution in [3.05, 3.63) is 90.0 Å². The van der Waals surface area contributed by atoms with Crippen LogP contribution in [0.25, 0.3) is 0 Å². The zero-order valence-corrected chi connectivity index (χ0v) is 28.9. The molecule has 0 aliphatic heterocycles. The normalized spacial score (nSPS) is 13.2.